The van der Waals surface area contributed by atoms with Crippen LogP contribution < -0.4 is 0 Å². The highest BCUT2D eigenvalue weighted by molar-refractivity contribution is 5.92. The van der Waals surface area contributed by atoms with Crippen LogP contribution >= 0.6 is 0 Å². The molecule has 0 radical (unpaired) electrons. The van der Waals surface area contributed by atoms with Gasteiger partial charge in [0.25, 0.3) is 0 Å². The molecule has 126 valence electrons. The number of amides is 1. The van der Waals surface area contributed by atoms with Crippen molar-refractivity contribution >= 4 is 11.8 Å². The zero-order valence-corrected chi connectivity index (χ0v) is 14.2. The second-order valence-electron chi connectivity index (χ2n) is 5.98. The molecule has 0 N–H and O–H groups in total. The van der Waals surface area contributed by atoms with E-state index in [1.54, 1.807) is 13.2 Å². The predicted molar refractivity (Wildman–Crippen MR) is 90.6 cm³/mol. The van der Waals surface area contributed by atoms with Gasteiger partial charge >= 0.3 is 0 Å². The SMILES string of the molecule is C=CC(=O)N1CCC[C@@H](OC(=NC)c2ccnn2C(C)C)CC1. The number of hydrogen-bond acceptors (Lipinski definition) is 4. The van der Waals surface area contributed by atoms with Crippen molar-refractivity contribution in [3.8, 4) is 0 Å². The molecule has 2 rings (SSSR count). The fourth-order valence-corrected chi connectivity index (χ4v) is 2.81. The van der Waals surface area contributed by atoms with Crippen LogP contribution in [-0.2, 0) is 9.53 Å². The Labute approximate surface area is 137 Å². The van der Waals surface area contributed by atoms with Crippen LogP contribution in [0.2, 0.25) is 0 Å². The Balaban J connectivity index is 2.04. The Morgan fingerprint density at radius 2 is 2.26 bits per heavy atom. The lowest BCUT2D eigenvalue weighted by molar-refractivity contribution is -0.126. The number of carbonyl (C=O) groups excluding carboxylic acids is 1. The van der Waals surface area contributed by atoms with Crippen molar-refractivity contribution in [1.82, 2.24) is 14.7 Å². The highest BCUT2D eigenvalue weighted by Crippen LogP contribution is 2.18. The summed E-state index contributed by atoms with van der Waals surface area (Å²) in [6, 6.07) is 2.17. The molecule has 0 unspecified atom stereocenters. The lowest BCUT2D eigenvalue weighted by Gasteiger charge is -2.20. The number of nitrogens with zero attached hydrogens (tertiary/aromatic N) is 4. The van der Waals surface area contributed by atoms with E-state index in [0.717, 1.165) is 31.5 Å². The van der Waals surface area contributed by atoms with Crippen molar-refractivity contribution in [2.75, 3.05) is 20.1 Å². The van der Waals surface area contributed by atoms with Gasteiger partial charge in [0, 0.05) is 38.8 Å². The van der Waals surface area contributed by atoms with E-state index in [-0.39, 0.29) is 18.1 Å². The first-order valence-electron chi connectivity index (χ1n) is 8.15. The molecule has 1 aromatic heterocycles. The van der Waals surface area contributed by atoms with E-state index in [1.165, 1.54) is 6.08 Å². The smallest absolute Gasteiger partial charge is 0.245 e. The van der Waals surface area contributed by atoms with Crippen molar-refractivity contribution < 1.29 is 9.53 Å². The minimum Gasteiger partial charge on any atom is -0.473 e. The van der Waals surface area contributed by atoms with Gasteiger partial charge in [0.1, 0.15) is 11.8 Å². The lowest BCUT2D eigenvalue weighted by Crippen LogP contribution is -2.31. The van der Waals surface area contributed by atoms with Crippen molar-refractivity contribution in [3.63, 3.8) is 0 Å². The van der Waals surface area contributed by atoms with Gasteiger partial charge in [0.2, 0.25) is 11.8 Å². The van der Waals surface area contributed by atoms with Gasteiger partial charge in [-0.15, -0.1) is 0 Å². The standard InChI is InChI=1S/C17H26N4O2/c1-5-16(22)20-11-6-7-14(9-12-20)23-17(18-4)15-8-10-19-21(15)13(2)3/h5,8,10,13-14H,1,6-7,9,11-12H2,2-4H3/t14-/m1/s1. The van der Waals surface area contributed by atoms with Crippen LogP contribution in [0.25, 0.3) is 0 Å². The summed E-state index contributed by atoms with van der Waals surface area (Å²) in [5, 5.41) is 4.33. The Bertz CT molecular complexity index is 577. The van der Waals surface area contributed by atoms with E-state index in [0.29, 0.717) is 12.4 Å². The summed E-state index contributed by atoms with van der Waals surface area (Å²) in [5.41, 5.74) is 0.894. The molecule has 1 amide bonds. The molecule has 1 aromatic rings. The fraction of sp³-hybridized carbons (Fsp3) is 0.588. The highest BCUT2D eigenvalue weighted by atomic mass is 16.5. The summed E-state index contributed by atoms with van der Waals surface area (Å²) < 4.78 is 8.05. The average Bonchev–Trinajstić information content (AvgIpc) is 2.92. The Hall–Kier alpha value is -2.11. The molecule has 0 bridgehead atoms. The summed E-state index contributed by atoms with van der Waals surface area (Å²) in [6.07, 6.45) is 5.84. The monoisotopic (exact) mass is 318 g/mol. The van der Waals surface area contributed by atoms with E-state index in [9.17, 15) is 4.79 Å². The van der Waals surface area contributed by atoms with Gasteiger partial charge in [0.05, 0.1) is 0 Å². The van der Waals surface area contributed by atoms with E-state index in [1.807, 2.05) is 15.6 Å². The van der Waals surface area contributed by atoms with Gasteiger partial charge in [-0.3, -0.25) is 14.5 Å². The van der Waals surface area contributed by atoms with Gasteiger partial charge in [-0.2, -0.15) is 5.10 Å². The molecule has 0 aliphatic carbocycles. The topological polar surface area (TPSA) is 59.7 Å². The molecule has 1 saturated heterocycles. The van der Waals surface area contributed by atoms with E-state index < -0.39 is 0 Å². The third kappa shape index (κ3) is 4.21. The molecular formula is C17H26N4O2. The molecular weight excluding hydrogens is 292 g/mol. The van der Waals surface area contributed by atoms with Crippen LogP contribution in [0, 0.1) is 0 Å². The van der Waals surface area contributed by atoms with Crippen molar-refractivity contribution in [3.05, 3.63) is 30.6 Å². The van der Waals surface area contributed by atoms with Gasteiger partial charge in [-0.1, -0.05) is 6.58 Å². The minimum absolute atomic E-state index is 0.00656. The summed E-state index contributed by atoms with van der Waals surface area (Å²) in [7, 11) is 1.73. The number of likely N-dealkylation sites (tertiary alicyclic amines) is 1. The first-order chi connectivity index (χ1) is 11.1. The Morgan fingerprint density at radius 1 is 1.48 bits per heavy atom. The highest BCUT2D eigenvalue weighted by Gasteiger charge is 2.23. The quantitative estimate of drug-likeness (QED) is 0.487. The molecule has 1 aliphatic heterocycles. The predicted octanol–water partition coefficient (Wildman–Crippen LogP) is 2.42. The zero-order chi connectivity index (χ0) is 16.8. The second kappa shape index (κ2) is 7.94. The molecule has 1 fully saturated rings. The average molecular weight is 318 g/mol. The molecule has 1 aliphatic rings. The van der Waals surface area contributed by atoms with Crippen LogP contribution in [0.15, 0.2) is 29.9 Å². The molecule has 0 aromatic carbocycles. The van der Waals surface area contributed by atoms with Gasteiger partial charge in [0.15, 0.2) is 0 Å². The fourth-order valence-electron chi connectivity index (χ4n) is 2.81. The molecule has 0 saturated carbocycles. The van der Waals surface area contributed by atoms with Crippen LogP contribution in [0.1, 0.15) is 44.8 Å². The zero-order valence-electron chi connectivity index (χ0n) is 14.2. The number of ether oxygens (including phenoxy) is 1. The molecule has 6 heteroatoms. The maximum Gasteiger partial charge on any atom is 0.245 e. The maximum atomic E-state index is 11.7. The van der Waals surface area contributed by atoms with Crippen LogP contribution in [0.3, 0.4) is 0 Å². The number of rotatable bonds is 4. The molecule has 1 atom stereocenters. The number of carbonyl (C=O) groups is 1. The maximum absolute atomic E-state index is 11.7. The largest absolute Gasteiger partial charge is 0.473 e. The van der Waals surface area contributed by atoms with Crippen molar-refractivity contribution in [1.29, 1.82) is 0 Å². The summed E-state index contributed by atoms with van der Waals surface area (Å²) in [5.74, 6) is 0.609. The third-order valence-corrected chi connectivity index (χ3v) is 4.02. The van der Waals surface area contributed by atoms with Gasteiger partial charge in [-0.25, -0.2) is 0 Å². The summed E-state index contributed by atoms with van der Waals surface area (Å²) in [4.78, 5) is 17.9. The first kappa shape index (κ1) is 17.2. The lowest BCUT2D eigenvalue weighted by atomic mass is 10.1. The molecule has 0 spiro atoms. The number of aromatic nitrogens is 2. The summed E-state index contributed by atoms with van der Waals surface area (Å²) in [6.45, 7) is 9.16. The second-order valence-corrected chi connectivity index (χ2v) is 5.98. The van der Waals surface area contributed by atoms with Crippen molar-refractivity contribution in [2.45, 2.75) is 45.3 Å². The number of aliphatic imine (C=N–C) groups is 1. The molecule has 2 heterocycles. The molecule has 6 nitrogen and oxygen atoms in total. The van der Waals surface area contributed by atoms with Crippen LogP contribution in [-0.4, -0.2) is 52.7 Å². The first-order valence-corrected chi connectivity index (χ1v) is 8.15. The minimum atomic E-state index is -0.00656. The molecule has 23 heavy (non-hydrogen) atoms. The van der Waals surface area contributed by atoms with E-state index in [4.69, 9.17) is 4.74 Å². The summed E-state index contributed by atoms with van der Waals surface area (Å²) >= 11 is 0. The third-order valence-electron chi connectivity index (χ3n) is 4.02. The Kier molecular flexibility index (Phi) is 5.96. The Morgan fingerprint density at radius 3 is 2.91 bits per heavy atom. The van der Waals surface area contributed by atoms with Crippen LogP contribution in [0.5, 0.6) is 0 Å². The van der Waals surface area contributed by atoms with Gasteiger partial charge < -0.3 is 9.64 Å². The van der Waals surface area contributed by atoms with Crippen LogP contribution in [0.4, 0.5) is 0 Å². The van der Waals surface area contributed by atoms with Crippen molar-refractivity contribution in [2.24, 2.45) is 4.99 Å². The number of hydrogen-bond donors (Lipinski definition) is 0. The van der Waals surface area contributed by atoms with Gasteiger partial charge in [-0.05, 0) is 38.8 Å². The van der Waals surface area contributed by atoms with E-state index in [2.05, 4.69) is 30.5 Å². The van der Waals surface area contributed by atoms with E-state index >= 15 is 0 Å². The normalized spacial score (nSPS) is 19.6.